The van der Waals surface area contributed by atoms with Crippen LogP contribution in [0.1, 0.15) is 32.4 Å². The quantitative estimate of drug-likeness (QED) is 0.773. The summed E-state index contributed by atoms with van der Waals surface area (Å²) >= 11 is 0. The normalized spacial score (nSPS) is 37.8. The number of allylic oxidation sites excluding steroid dienone is 1. The molecule has 1 heterocycles. The van der Waals surface area contributed by atoms with Crippen LogP contribution in [0, 0.1) is 23.7 Å². The number of ether oxygens (including phenoxy) is 1. The first-order chi connectivity index (χ1) is 9.09. The minimum absolute atomic E-state index is 0.00352. The Morgan fingerprint density at radius 3 is 2.68 bits per heavy atom. The number of aromatic hydroxyl groups is 1. The van der Waals surface area contributed by atoms with E-state index >= 15 is 0 Å². The average Bonchev–Trinajstić information content (AvgIpc) is 2.36. The Bertz CT molecular complexity index is 506. The minimum Gasteiger partial charge on any atom is -0.508 e. The van der Waals surface area contributed by atoms with Gasteiger partial charge in [-0.1, -0.05) is 43.7 Å². The standard InChI is InChI=1S/C17H22O2/c1-10-8-11(2)16-12(3)14(10)9-19-17(16)13-6-4-5-7-15(13)18/h4-8,10,12,14,16-18H,9H2,1-3H3. The Morgan fingerprint density at radius 1 is 1.21 bits per heavy atom. The molecule has 5 atom stereocenters. The molecule has 0 radical (unpaired) electrons. The fourth-order valence-electron chi connectivity index (χ4n) is 3.96. The molecule has 19 heavy (non-hydrogen) atoms. The fourth-order valence-corrected chi connectivity index (χ4v) is 3.96. The first-order valence-corrected chi connectivity index (χ1v) is 7.17. The SMILES string of the molecule is CC1=CC(C)C2COC(c3ccccc3O)C1C2C. The number of phenols is 1. The number of rotatable bonds is 1. The van der Waals surface area contributed by atoms with Gasteiger partial charge in [-0.15, -0.1) is 0 Å². The molecule has 1 aliphatic carbocycles. The summed E-state index contributed by atoms with van der Waals surface area (Å²) in [5, 5.41) is 10.1. The molecule has 0 saturated carbocycles. The lowest BCUT2D eigenvalue weighted by Gasteiger charge is -2.47. The van der Waals surface area contributed by atoms with Crippen molar-refractivity contribution in [2.75, 3.05) is 6.61 Å². The maximum atomic E-state index is 10.1. The van der Waals surface area contributed by atoms with Gasteiger partial charge in [0.1, 0.15) is 5.75 Å². The summed E-state index contributed by atoms with van der Waals surface area (Å²) < 4.78 is 6.12. The van der Waals surface area contributed by atoms with Gasteiger partial charge in [0.15, 0.2) is 0 Å². The molecule has 1 N–H and O–H groups in total. The zero-order valence-corrected chi connectivity index (χ0v) is 11.8. The van der Waals surface area contributed by atoms with Crippen molar-refractivity contribution in [1.82, 2.24) is 0 Å². The van der Waals surface area contributed by atoms with Crippen molar-refractivity contribution in [2.45, 2.75) is 26.9 Å². The highest BCUT2D eigenvalue weighted by Gasteiger charge is 2.44. The molecule has 1 fully saturated rings. The van der Waals surface area contributed by atoms with E-state index in [2.05, 4.69) is 26.8 Å². The number of hydrogen-bond donors (Lipinski definition) is 1. The maximum Gasteiger partial charge on any atom is 0.121 e. The molecule has 0 amide bonds. The molecule has 5 unspecified atom stereocenters. The lowest BCUT2D eigenvalue weighted by Crippen LogP contribution is -2.42. The smallest absolute Gasteiger partial charge is 0.121 e. The molecule has 2 bridgehead atoms. The van der Waals surface area contributed by atoms with E-state index in [0.717, 1.165) is 12.2 Å². The van der Waals surface area contributed by atoms with Crippen LogP contribution in [0.5, 0.6) is 5.75 Å². The highest BCUT2D eigenvalue weighted by atomic mass is 16.5. The number of fused-ring (bicyclic) bond motifs is 2. The van der Waals surface area contributed by atoms with E-state index in [4.69, 9.17) is 4.74 Å². The Hall–Kier alpha value is -1.28. The second-order valence-corrected chi connectivity index (χ2v) is 6.13. The molecule has 2 heteroatoms. The van der Waals surface area contributed by atoms with Gasteiger partial charge in [-0.2, -0.15) is 0 Å². The number of phenolic OH excluding ortho intramolecular Hbond substituents is 1. The third-order valence-electron chi connectivity index (χ3n) is 5.01. The van der Waals surface area contributed by atoms with Crippen LogP contribution < -0.4 is 0 Å². The number of benzene rings is 1. The highest BCUT2D eigenvalue weighted by Crippen LogP contribution is 2.50. The van der Waals surface area contributed by atoms with E-state index < -0.39 is 0 Å². The van der Waals surface area contributed by atoms with Gasteiger partial charge in [0, 0.05) is 11.5 Å². The number of hydrogen-bond acceptors (Lipinski definition) is 2. The summed E-state index contributed by atoms with van der Waals surface area (Å²) in [7, 11) is 0. The van der Waals surface area contributed by atoms with Crippen LogP contribution >= 0.6 is 0 Å². The lowest BCUT2D eigenvalue weighted by molar-refractivity contribution is -0.0941. The van der Waals surface area contributed by atoms with Crippen LogP contribution in [0.25, 0.3) is 0 Å². The fraction of sp³-hybridized carbons (Fsp3) is 0.529. The molecule has 0 aromatic heterocycles. The van der Waals surface area contributed by atoms with Gasteiger partial charge in [0.05, 0.1) is 12.7 Å². The van der Waals surface area contributed by atoms with Gasteiger partial charge in [0.2, 0.25) is 0 Å². The van der Waals surface area contributed by atoms with Crippen LogP contribution in [-0.4, -0.2) is 11.7 Å². The van der Waals surface area contributed by atoms with Crippen LogP contribution in [0.3, 0.4) is 0 Å². The summed E-state index contributed by atoms with van der Waals surface area (Å²) in [5.74, 6) is 2.55. The molecule has 102 valence electrons. The summed E-state index contributed by atoms with van der Waals surface area (Å²) in [6.07, 6.45) is 2.39. The van der Waals surface area contributed by atoms with Gasteiger partial charge in [-0.05, 0) is 30.7 Å². The molecule has 0 spiro atoms. The topological polar surface area (TPSA) is 29.5 Å². The monoisotopic (exact) mass is 258 g/mol. The van der Waals surface area contributed by atoms with Gasteiger partial charge >= 0.3 is 0 Å². The van der Waals surface area contributed by atoms with E-state index in [1.54, 1.807) is 6.07 Å². The van der Waals surface area contributed by atoms with Crippen molar-refractivity contribution < 1.29 is 9.84 Å². The molecule has 1 saturated heterocycles. The van der Waals surface area contributed by atoms with Crippen LogP contribution in [0.15, 0.2) is 35.9 Å². The summed E-state index contributed by atoms with van der Waals surface area (Å²) in [4.78, 5) is 0. The zero-order chi connectivity index (χ0) is 13.6. The Labute approximate surface area is 115 Å². The first-order valence-electron chi connectivity index (χ1n) is 7.17. The number of para-hydroxylation sites is 1. The third-order valence-corrected chi connectivity index (χ3v) is 5.01. The Morgan fingerprint density at radius 2 is 1.95 bits per heavy atom. The molecule has 1 aromatic carbocycles. The van der Waals surface area contributed by atoms with E-state index in [9.17, 15) is 5.11 Å². The summed E-state index contributed by atoms with van der Waals surface area (Å²) in [6.45, 7) is 7.61. The second-order valence-electron chi connectivity index (χ2n) is 6.13. The van der Waals surface area contributed by atoms with Crippen molar-refractivity contribution >= 4 is 0 Å². The third kappa shape index (κ3) is 1.99. The lowest BCUT2D eigenvalue weighted by atomic mass is 9.64. The Kier molecular flexibility index (Phi) is 3.14. The van der Waals surface area contributed by atoms with E-state index in [1.807, 2.05) is 18.2 Å². The first kappa shape index (κ1) is 12.7. The van der Waals surface area contributed by atoms with Crippen molar-refractivity contribution in [2.24, 2.45) is 23.7 Å². The van der Waals surface area contributed by atoms with Crippen molar-refractivity contribution in [3.63, 3.8) is 0 Å². The Balaban J connectivity index is 2.01. The predicted molar refractivity (Wildman–Crippen MR) is 75.9 cm³/mol. The molecule has 1 aliphatic heterocycles. The maximum absolute atomic E-state index is 10.1. The summed E-state index contributed by atoms with van der Waals surface area (Å²) in [5.41, 5.74) is 2.34. The van der Waals surface area contributed by atoms with Crippen LogP contribution in [-0.2, 0) is 4.74 Å². The molecule has 3 rings (SSSR count). The molecular formula is C17H22O2. The van der Waals surface area contributed by atoms with E-state index in [0.29, 0.717) is 29.4 Å². The van der Waals surface area contributed by atoms with Crippen molar-refractivity contribution in [1.29, 1.82) is 0 Å². The van der Waals surface area contributed by atoms with Gasteiger partial charge in [-0.25, -0.2) is 0 Å². The molecule has 1 aromatic rings. The van der Waals surface area contributed by atoms with Crippen molar-refractivity contribution in [3.05, 3.63) is 41.5 Å². The predicted octanol–water partition coefficient (Wildman–Crippen LogP) is 3.93. The molecular weight excluding hydrogens is 236 g/mol. The van der Waals surface area contributed by atoms with Crippen LogP contribution in [0.2, 0.25) is 0 Å². The van der Waals surface area contributed by atoms with Gasteiger partial charge in [0.25, 0.3) is 0 Å². The van der Waals surface area contributed by atoms with E-state index in [1.165, 1.54) is 5.57 Å². The second kappa shape index (κ2) is 4.68. The molecule has 2 aliphatic rings. The zero-order valence-electron chi connectivity index (χ0n) is 11.8. The largest absolute Gasteiger partial charge is 0.508 e. The highest BCUT2D eigenvalue weighted by molar-refractivity contribution is 5.36. The minimum atomic E-state index is -0.00352. The molecule has 2 nitrogen and oxygen atoms in total. The van der Waals surface area contributed by atoms with Gasteiger partial charge < -0.3 is 9.84 Å². The average molecular weight is 258 g/mol. The van der Waals surface area contributed by atoms with E-state index in [-0.39, 0.29) is 6.10 Å². The van der Waals surface area contributed by atoms with Crippen molar-refractivity contribution in [3.8, 4) is 5.75 Å². The van der Waals surface area contributed by atoms with Gasteiger partial charge in [-0.3, -0.25) is 0 Å². The van der Waals surface area contributed by atoms with Crippen LogP contribution in [0.4, 0.5) is 0 Å². The summed E-state index contributed by atoms with van der Waals surface area (Å²) in [6, 6.07) is 7.57.